The van der Waals surface area contributed by atoms with Crippen LogP contribution in [0.5, 0.6) is 5.75 Å². The minimum atomic E-state index is -0.622. The Bertz CT molecular complexity index is 1110. The molecule has 0 saturated carbocycles. The molecule has 0 bridgehead atoms. The summed E-state index contributed by atoms with van der Waals surface area (Å²) in [5.41, 5.74) is 5.56. The van der Waals surface area contributed by atoms with Crippen LogP contribution < -0.4 is 10.1 Å². The standard InChI is InChI=1S/C29H34N2O3S/c1-21-13-22(2)15-25(14-21)19-35-20-28(32)31(18-24-11-8-12-26(16-24)34-4)27(29(33)30-3)17-23-9-6-5-7-10-23/h5-16,27H,17-20H2,1-4H3,(H,30,33). The van der Waals surface area contributed by atoms with E-state index in [2.05, 4.69) is 37.4 Å². The molecule has 35 heavy (non-hydrogen) atoms. The summed E-state index contributed by atoms with van der Waals surface area (Å²) in [7, 11) is 3.23. The van der Waals surface area contributed by atoms with Crippen LogP contribution in [0.15, 0.2) is 72.8 Å². The van der Waals surface area contributed by atoms with Gasteiger partial charge in [-0.25, -0.2) is 0 Å². The third-order valence-corrected chi connectivity index (χ3v) is 6.77. The molecule has 6 heteroatoms. The summed E-state index contributed by atoms with van der Waals surface area (Å²) in [5.74, 6) is 1.51. The SMILES string of the molecule is CNC(=O)C(Cc1ccccc1)N(Cc1cccc(OC)c1)C(=O)CSCc1cc(C)cc(C)c1. The van der Waals surface area contributed by atoms with Crippen molar-refractivity contribution in [3.05, 3.63) is 101 Å². The van der Waals surface area contributed by atoms with Crippen molar-refractivity contribution in [2.75, 3.05) is 19.9 Å². The smallest absolute Gasteiger partial charge is 0.242 e. The second-order valence-electron chi connectivity index (χ2n) is 8.68. The molecule has 184 valence electrons. The second kappa shape index (κ2) is 13.0. The lowest BCUT2D eigenvalue weighted by molar-refractivity contribution is -0.139. The highest BCUT2D eigenvalue weighted by atomic mass is 32.2. The van der Waals surface area contributed by atoms with Crippen molar-refractivity contribution in [1.29, 1.82) is 0 Å². The normalized spacial score (nSPS) is 11.5. The van der Waals surface area contributed by atoms with Gasteiger partial charge in [-0.05, 0) is 42.7 Å². The molecule has 0 aliphatic heterocycles. The molecule has 1 atom stereocenters. The molecule has 0 radical (unpaired) electrons. The Morgan fingerprint density at radius 3 is 2.26 bits per heavy atom. The Morgan fingerprint density at radius 1 is 0.914 bits per heavy atom. The Morgan fingerprint density at radius 2 is 1.60 bits per heavy atom. The maximum absolute atomic E-state index is 13.6. The number of methoxy groups -OCH3 is 1. The number of ether oxygens (including phenoxy) is 1. The maximum atomic E-state index is 13.6. The number of nitrogens with zero attached hydrogens (tertiary/aromatic N) is 1. The first-order chi connectivity index (χ1) is 16.9. The largest absolute Gasteiger partial charge is 0.497 e. The lowest BCUT2D eigenvalue weighted by atomic mass is 10.0. The molecule has 1 unspecified atom stereocenters. The van der Waals surface area contributed by atoms with Crippen molar-refractivity contribution in [3.63, 3.8) is 0 Å². The fraction of sp³-hybridized carbons (Fsp3) is 0.310. The highest BCUT2D eigenvalue weighted by Gasteiger charge is 2.29. The van der Waals surface area contributed by atoms with E-state index in [4.69, 9.17) is 4.74 Å². The van der Waals surface area contributed by atoms with Crippen LogP contribution >= 0.6 is 11.8 Å². The van der Waals surface area contributed by atoms with Crippen LogP contribution in [-0.4, -0.2) is 42.7 Å². The number of carbonyl (C=O) groups excluding carboxylic acids is 2. The monoisotopic (exact) mass is 490 g/mol. The maximum Gasteiger partial charge on any atom is 0.242 e. The first-order valence-electron chi connectivity index (χ1n) is 11.7. The average Bonchev–Trinajstić information content (AvgIpc) is 2.85. The van der Waals surface area contributed by atoms with Crippen LogP contribution in [0.4, 0.5) is 0 Å². The number of thioether (sulfide) groups is 1. The number of hydrogen-bond donors (Lipinski definition) is 1. The first kappa shape index (κ1) is 26.4. The van der Waals surface area contributed by atoms with Crippen LogP contribution in [0, 0.1) is 13.8 Å². The van der Waals surface area contributed by atoms with Gasteiger partial charge in [0.1, 0.15) is 11.8 Å². The number of nitrogens with one attached hydrogen (secondary N) is 1. The molecule has 1 N–H and O–H groups in total. The lowest BCUT2D eigenvalue weighted by Crippen LogP contribution is -2.50. The molecule has 0 aliphatic rings. The number of aryl methyl sites for hydroxylation is 2. The second-order valence-corrected chi connectivity index (χ2v) is 9.67. The number of benzene rings is 3. The van der Waals surface area contributed by atoms with Crippen molar-refractivity contribution in [3.8, 4) is 5.75 Å². The van der Waals surface area contributed by atoms with E-state index in [9.17, 15) is 9.59 Å². The van der Waals surface area contributed by atoms with Crippen LogP contribution in [0.2, 0.25) is 0 Å². The third-order valence-electron chi connectivity index (χ3n) is 5.78. The molecule has 3 aromatic rings. The number of hydrogen-bond acceptors (Lipinski definition) is 4. The van der Waals surface area contributed by atoms with Crippen molar-refractivity contribution < 1.29 is 14.3 Å². The molecular formula is C29H34N2O3S. The van der Waals surface area contributed by atoms with Gasteiger partial charge in [0.15, 0.2) is 0 Å². The molecule has 0 saturated heterocycles. The zero-order valence-electron chi connectivity index (χ0n) is 20.9. The topological polar surface area (TPSA) is 58.6 Å². The van der Waals surface area contributed by atoms with Crippen LogP contribution in [0.3, 0.4) is 0 Å². The summed E-state index contributed by atoms with van der Waals surface area (Å²) in [4.78, 5) is 28.3. The molecule has 0 aliphatic carbocycles. The van der Waals surface area contributed by atoms with Crippen LogP contribution in [0.25, 0.3) is 0 Å². The lowest BCUT2D eigenvalue weighted by Gasteiger charge is -2.31. The van der Waals surface area contributed by atoms with Gasteiger partial charge in [-0.2, -0.15) is 0 Å². The summed E-state index contributed by atoms with van der Waals surface area (Å²) < 4.78 is 5.37. The van der Waals surface area contributed by atoms with Crippen molar-refractivity contribution in [2.24, 2.45) is 0 Å². The van der Waals surface area contributed by atoms with Gasteiger partial charge >= 0.3 is 0 Å². The highest BCUT2D eigenvalue weighted by molar-refractivity contribution is 7.99. The van der Waals surface area contributed by atoms with E-state index >= 15 is 0 Å². The first-order valence-corrected chi connectivity index (χ1v) is 12.9. The summed E-state index contributed by atoms with van der Waals surface area (Å²) in [6.07, 6.45) is 0.442. The summed E-state index contributed by atoms with van der Waals surface area (Å²) in [6, 6.07) is 23.3. The van der Waals surface area contributed by atoms with Gasteiger partial charge in [0, 0.05) is 25.8 Å². The van der Waals surface area contributed by atoms with E-state index in [1.165, 1.54) is 16.7 Å². The number of rotatable bonds is 11. The van der Waals surface area contributed by atoms with Gasteiger partial charge in [0.2, 0.25) is 11.8 Å². The molecule has 0 aromatic heterocycles. The summed E-state index contributed by atoms with van der Waals surface area (Å²) >= 11 is 1.57. The van der Waals surface area contributed by atoms with Crippen molar-refractivity contribution in [1.82, 2.24) is 10.2 Å². The average molecular weight is 491 g/mol. The predicted octanol–water partition coefficient (Wildman–Crippen LogP) is 4.93. The van der Waals surface area contributed by atoms with Crippen molar-refractivity contribution >= 4 is 23.6 Å². The van der Waals surface area contributed by atoms with E-state index in [0.717, 1.165) is 22.6 Å². The molecule has 5 nitrogen and oxygen atoms in total. The molecule has 2 amide bonds. The molecular weight excluding hydrogens is 456 g/mol. The highest BCUT2D eigenvalue weighted by Crippen LogP contribution is 2.21. The molecule has 0 spiro atoms. The van der Waals surface area contributed by atoms with Gasteiger partial charge in [-0.15, -0.1) is 11.8 Å². The number of carbonyl (C=O) groups is 2. The van der Waals surface area contributed by atoms with Gasteiger partial charge in [0.05, 0.1) is 12.9 Å². The minimum absolute atomic E-state index is 0.0632. The number of amides is 2. The fourth-order valence-corrected chi connectivity index (χ4v) is 5.02. The van der Waals surface area contributed by atoms with E-state index in [1.807, 2.05) is 54.6 Å². The van der Waals surface area contributed by atoms with Gasteiger partial charge in [-0.1, -0.05) is 71.8 Å². The minimum Gasteiger partial charge on any atom is -0.497 e. The molecule has 3 rings (SSSR count). The van der Waals surface area contributed by atoms with Crippen LogP contribution in [-0.2, 0) is 28.3 Å². The zero-order valence-corrected chi connectivity index (χ0v) is 21.7. The Labute approximate surface area is 212 Å². The summed E-state index contributed by atoms with van der Waals surface area (Å²) in [5, 5.41) is 2.76. The van der Waals surface area contributed by atoms with E-state index < -0.39 is 6.04 Å². The van der Waals surface area contributed by atoms with Crippen LogP contribution in [0.1, 0.15) is 27.8 Å². The van der Waals surface area contributed by atoms with Crippen molar-refractivity contribution in [2.45, 2.75) is 38.6 Å². The Balaban J connectivity index is 1.82. The quantitative estimate of drug-likeness (QED) is 0.414. The van der Waals surface area contributed by atoms with E-state index in [-0.39, 0.29) is 11.8 Å². The third kappa shape index (κ3) is 7.89. The summed E-state index contributed by atoms with van der Waals surface area (Å²) in [6.45, 7) is 4.49. The van der Waals surface area contributed by atoms with Gasteiger partial charge < -0.3 is 15.0 Å². The van der Waals surface area contributed by atoms with E-state index in [1.54, 1.807) is 30.8 Å². The van der Waals surface area contributed by atoms with Gasteiger partial charge in [-0.3, -0.25) is 9.59 Å². The molecule has 3 aromatic carbocycles. The molecule has 0 fully saturated rings. The molecule has 0 heterocycles. The zero-order chi connectivity index (χ0) is 25.2. The predicted molar refractivity (Wildman–Crippen MR) is 144 cm³/mol. The fourth-order valence-electron chi connectivity index (χ4n) is 4.18. The van der Waals surface area contributed by atoms with E-state index in [0.29, 0.717) is 18.7 Å². The van der Waals surface area contributed by atoms with Gasteiger partial charge in [0.25, 0.3) is 0 Å². The number of likely N-dealkylation sites (N-methyl/N-ethyl adjacent to an activating group) is 1. The Kier molecular flexibility index (Phi) is 9.79. The Hall–Kier alpha value is -3.25.